The van der Waals surface area contributed by atoms with Gasteiger partial charge >= 0.3 is 0 Å². The quantitative estimate of drug-likeness (QED) is 0.457. The number of fused-ring (bicyclic) bond motifs is 1. The number of hydrogen-bond donors (Lipinski definition) is 1. The molecule has 0 unspecified atom stereocenters. The first-order valence-corrected chi connectivity index (χ1v) is 8.66. The second-order valence-electron chi connectivity index (χ2n) is 5.96. The molecule has 4 heteroatoms. The zero-order chi connectivity index (χ0) is 17.6. The van der Waals surface area contributed by atoms with Crippen molar-refractivity contribution in [3.05, 3.63) is 54.6 Å². The molecule has 25 heavy (non-hydrogen) atoms. The fourth-order valence-electron chi connectivity index (χ4n) is 2.83. The first-order valence-electron chi connectivity index (χ1n) is 8.66. The van der Waals surface area contributed by atoms with Crippen LogP contribution in [0, 0.1) is 0 Å². The Morgan fingerprint density at radius 3 is 2.80 bits per heavy atom. The highest BCUT2D eigenvalue weighted by atomic mass is 16.5. The van der Waals surface area contributed by atoms with Gasteiger partial charge in [0, 0.05) is 11.1 Å². The fourth-order valence-corrected chi connectivity index (χ4v) is 2.83. The molecule has 0 aliphatic carbocycles. The lowest BCUT2D eigenvalue weighted by Gasteiger charge is -2.16. The number of methoxy groups -OCH3 is 1. The number of aromatic nitrogens is 2. The van der Waals surface area contributed by atoms with Gasteiger partial charge in [0.15, 0.2) is 11.5 Å². The molecule has 3 rings (SSSR count). The molecule has 1 aromatic heterocycles. The molecular weight excluding hydrogens is 312 g/mol. The second kappa shape index (κ2) is 7.88. The lowest BCUT2D eigenvalue weighted by molar-refractivity contribution is 0.286. The Hall–Kier alpha value is -2.75. The molecule has 0 atom stereocenters. The van der Waals surface area contributed by atoms with Crippen LogP contribution in [0.2, 0.25) is 0 Å². The van der Waals surface area contributed by atoms with Crippen LogP contribution in [0.4, 0.5) is 0 Å². The number of nitrogens with one attached hydrogen (secondary N) is 1. The zero-order valence-corrected chi connectivity index (χ0v) is 14.8. The third-order valence-electron chi connectivity index (χ3n) is 4.12. The molecule has 0 spiro atoms. The van der Waals surface area contributed by atoms with Crippen LogP contribution in [0.1, 0.15) is 25.3 Å². The van der Waals surface area contributed by atoms with Gasteiger partial charge in [0.1, 0.15) is 5.82 Å². The Bertz CT molecular complexity index is 834. The summed E-state index contributed by atoms with van der Waals surface area (Å²) >= 11 is 0. The van der Waals surface area contributed by atoms with E-state index in [1.807, 2.05) is 36.4 Å². The van der Waals surface area contributed by atoms with Crippen LogP contribution < -0.4 is 9.47 Å². The molecule has 3 aromatic rings. The van der Waals surface area contributed by atoms with E-state index < -0.39 is 0 Å². The first-order chi connectivity index (χ1) is 12.3. The van der Waals surface area contributed by atoms with Crippen molar-refractivity contribution in [2.24, 2.45) is 0 Å². The molecule has 130 valence electrons. The molecule has 0 saturated heterocycles. The van der Waals surface area contributed by atoms with Gasteiger partial charge in [-0.3, -0.25) is 0 Å². The topological polar surface area (TPSA) is 47.1 Å². The average Bonchev–Trinajstić information content (AvgIpc) is 3.07. The fraction of sp³-hybridized carbons (Fsp3) is 0.286. The number of para-hydroxylation sites is 2. The van der Waals surface area contributed by atoms with Crippen LogP contribution >= 0.6 is 0 Å². The minimum absolute atomic E-state index is 0.682. The van der Waals surface area contributed by atoms with Crippen LogP contribution in [0.15, 0.2) is 49.1 Å². The Balaban J connectivity index is 2.04. The van der Waals surface area contributed by atoms with Crippen molar-refractivity contribution in [2.75, 3.05) is 13.7 Å². The van der Waals surface area contributed by atoms with Gasteiger partial charge in [0.05, 0.1) is 24.8 Å². The number of benzene rings is 2. The van der Waals surface area contributed by atoms with Gasteiger partial charge in [-0.25, -0.2) is 4.98 Å². The van der Waals surface area contributed by atoms with Gasteiger partial charge < -0.3 is 14.5 Å². The molecule has 2 aromatic carbocycles. The number of ether oxygens (including phenoxy) is 2. The van der Waals surface area contributed by atoms with E-state index in [-0.39, 0.29) is 0 Å². The van der Waals surface area contributed by atoms with E-state index in [1.165, 1.54) is 0 Å². The van der Waals surface area contributed by atoms with E-state index in [1.54, 1.807) is 7.11 Å². The van der Waals surface area contributed by atoms with E-state index in [2.05, 4.69) is 29.5 Å². The van der Waals surface area contributed by atoms with Crippen molar-refractivity contribution < 1.29 is 9.47 Å². The standard InChI is InChI=1S/C21H24N2O2/c1-4-6-12-25-20-15(9-5-2)13-16(14-19(20)24-3)21-22-17-10-7-8-11-18(17)23-21/h5,7-8,10-11,13-14H,2,4,6,9,12H2,1,3H3,(H,22,23). The van der Waals surface area contributed by atoms with E-state index in [0.29, 0.717) is 13.0 Å². The summed E-state index contributed by atoms with van der Waals surface area (Å²) in [6, 6.07) is 12.1. The number of unbranched alkanes of at least 4 members (excludes halogenated alkanes) is 1. The molecule has 1 N–H and O–H groups in total. The Morgan fingerprint density at radius 1 is 1.24 bits per heavy atom. The third kappa shape index (κ3) is 3.68. The summed E-state index contributed by atoms with van der Waals surface area (Å²) in [6.45, 7) is 6.70. The molecule has 0 saturated carbocycles. The van der Waals surface area contributed by atoms with Crippen molar-refractivity contribution in [3.63, 3.8) is 0 Å². The molecule has 1 heterocycles. The SMILES string of the molecule is C=CCc1cc(-c2nc3ccccc3[nH]2)cc(OC)c1OCCCC. The second-order valence-corrected chi connectivity index (χ2v) is 5.96. The van der Waals surface area contributed by atoms with Crippen LogP contribution in [-0.4, -0.2) is 23.7 Å². The van der Waals surface area contributed by atoms with Gasteiger partial charge in [-0.2, -0.15) is 0 Å². The van der Waals surface area contributed by atoms with Gasteiger partial charge in [0.2, 0.25) is 0 Å². The summed E-state index contributed by atoms with van der Waals surface area (Å²) in [5.41, 5.74) is 4.00. The van der Waals surface area contributed by atoms with Crippen molar-refractivity contribution in [1.82, 2.24) is 9.97 Å². The summed E-state index contributed by atoms with van der Waals surface area (Å²) < 4.78 is 11.6. The Kier molecular flexibility index (Phi) is 5.39. The van der Waals surface area contributed by atoms with Gasteiger partial charge in [0.25, 0.3) is 0 Å². The van der Waals surface area contributed by atoms with E-state index in [4.69, 9.17) is 9.47 Å². The summed E-state index contributed by atoms with van der Waals surface area (Å²) in [4.78, 5) is 8.06. The van der Waals surface area contributed by atoms with Crippen molar-refractivity contribution in [3.8, 4) is 22.9 Å². The monoisotopic (exact) mass is 336 g/mol. The van der Waals surface area contributed by atoms with Crippen molar-refractivity contribution in [2.45, 2.75) is 26.2 Å². The maximum atomic E-state index is 6.00. The predicted molar refractivity (Wildman–Crippen MR) is 102 cm³/mol. The van der Waals surface area contributed by atoms with Crippen LogP contribution in [0.25, 0.3) is 22.4 Å². The number of hydrogen-bond acceptors (Lipinski definition) is 3. The largest absolute Gasteiger partial charge is 0.493 e. The lowest BCUT2D eigenvalue weighted by atomic mass is 10.0. The molecule has 4 nitrogen and oxygen atoms in total. The maximum absolute atomic E-state index is 6.00. The first kappa shape index (κ1) is 17.1. The minimum atomic E-state index is 0.682. The molecular formula is C21H24N2O2. The summed E-state index contributed by atoms with van der Waals surface area (Å²) in [7, 11) is 1.67. The van der Waals surface area contributed by atoms with Crippen molar-refractivity contribution in [1.29, 1.82) is 0 Å². The smallest absolute Gasteiger partial charge is 0.164 e. The zero-order valence-electron chi connectivity index (χ0n) is 14.8. The predicted octanol–water partition coefficient (Wildman–Crippen LogP) is 5.15. The van der Waals surface area contributed by atoms with Gasteiger partial charge in [-0.15, -0.1) is 6.58 Å². The van der Waals surface area contributed by atoms with Gasteiger partial charge in [-0.05, 0) is 37.1 Å². The Labute approximate surface area is 148 Å². The number of nitrogens with zero attached hydrogens (tertiary/aromatic N) is 1. The van der Waals surface area contributed by atoms with Crippen LogP contribution in [0.3, 0.4) is 0 Å². The molecule has 0 bridgehead atoms. The average molecular weight is 336 g/mol. The molecule has 0 radical (unpaired) electrons. The number of imidazole rings is 1. The molecule has 0 aliphatic heterocycles. The van der Waals surface area contributed by atoms with Gasteiger partial charge in [-0.1, -0.05) is 31.6 Å². The highest BCUT2D eigenvalue weighted by Crippen LogP contribution is 2.37. The highest BCUT2D eigenvalue weighted by Gasteiger charge is 2.15. The van der Waals surface area contributed by atoms with E-state index in [0.717, 1.165) is 52.3 Å². The number of aromatic amines is 1. The lowest BCUT2D eigenvalue weighted by Crippen LogP contribution is -2.03. The Morgan fingerprint density at radius 2 is 2.08 bits per heavy atom. The van der Waals surface area contributed by atoms with E-state index >= 15 is 0 Å². The van der Waals surface area contributed by atoms with Crippen LogP contribution in [0.5, 0.6) is 11.5 Å². The molecule has 0 fully saturated rings. The maximum Gasteiger partial charge on any atom is 0.164 e. The summed E-state index contributed by atoms with van der Waals surface area (Å²) in [5.74, 6) is 2.35. The van der Waals surface area contributed by atoms with Crippen molar-refractivity contribution >= 4 is 11.0 Å². The normalized spacial score (nSPS) is 10.8. The minimum Gasteiger partial charge on any atom is -0.493 e. The number of H-pyrrole nitrogens is 1. The highest BCUT2D eigenvalue weighted by molar-refractivity contribution is 5.80. The summed E-state index contributed by atoms with van der Waals surface area (Å²) in [6.07, 6.45) is 4.70. The van der Waals surface area contributed by atoms with Crippen LogP contribution in [-0.2, 0) is 6.42 Å². The number of allylic oxidation sites excluding steroid dienone is 1. The molecule has 0 amide bonds. The summed E-state index contributed by atoms with van der Waals surface area (Å²) in [5, 5.41) is 0. The third-order valence-corrected chi connectivity index (χ3v) is 4.12. The molecule has 0 aliphatic rings. The number of rotatable bonds is 8. The van der Waals surface area contributed by atoms with E-state index in [9.17, 15) is 0 Å².